The molecule has 1 aliphatic rings. The molecule has 0 N–H and O–H groups in total. The van der Waals surface area contributed by atoms with Crippen molar-refractivity contribution in [1.82, 2.24) is 19.9 Å². The fraction of sp³-hybridized carbons (Fsp3) is 0.400. The summed E-state index contributed by atoms with van der Waals surface area (Å²) < 4.78 is 5.15. The molecular weight excluding hydrogens is 266 g/mol. The van der Waals surface area contributed by atoms with Gasteiger partial charge in [0.15, 0.2) is 0 Å². The molecule has 0 saturated carbocycles. The average molecular weight is 285 g/mol. The third-order valence-corrected chi connectivity index (χ3v) is 3.59. The van der Waals surface area contributed by atoms with Gasteiger partial charge in [0.1, 0.15) is 0 Å². The van der Waals surface area contributed by atoms with Crippen LogP contribution in [0.1, 0.15) is 5.69 Å². The summed E-state index contributed by atoms with van der Waals surface area (Å²) >= 11 is 0. The lowest BCUT2D eigenvalue weighted by atomic mass is 10.3. The van der Waals surface area contributed by atoms with Crippen molar-refractivity contribution in [3.8, 4) is 5.88 Å². The van der Waals surface area contributed by atoms with E-state index in [0.29, 0.717) is 5.88 Å². The molecule has 0 amide bonds. The first-order chi connectivity index (χ1) is 10.3. The van der Waals surface area contributed by atoms with Crippen LogP contribution in [0.2, 0.25) is 0 Å². The Bertz CT molecular complexity index is 569. The van der Waals surface area contributed by atoms with E-state index in [9.17, 15) is 0 Å². The van der Waals surface area contributed by atoms with Gasteiger partial charge in [-0.05, 0) is 12.1 Å². The SMILES string of the molecule is COc1ccnc(N2CCN(Cc3ccccn3)CC2)n1. The summed E-state index contributed by atoms with van der Waals surface area (Å²) in [4.78, 5) is 17.7. The van der Waals surface area contributed by atoms with Crippen LogP contribution in [0.3, 0.4) is 0 Å². The Labute approximate surface area is 124 Å². The summed E-state index contributed by atoms with van der Waals surface area (Å²) in [7, 11) is 1.62. The summed E-state index contributed by atoms with van der Waals surface area (Å²) in [6, 6.07) is 7.81. The lowest BCUT2D eigenvalue weighted by Crippen LogP contribution is -2.46. The van der Waals surface area contributed by atoms with E-state index in [2.05, 4.69) is 30.8 Å². The summed E-state index contributed by atoms with van der Waals surface area (Å²) in [5.74, 6) is 1.35. The number of hydrogen-bond acceptors (Lipinski definition) is 6. The van der Waals surface area contributed by atoms with E-state index in [1.165, 1.54) is 0 Å². The van der Waals surface area contributed by atoms with Gasteiger partial charge in [-0.2, -0.15) is 4.98 Å². The van der Waals surface area contributed by atoms with Gasteiger partial charge in [0.05, 0.1) is 12.8 Å². The molecule has 2 aromatic heterocycles. The fourth-order valence-corrected chi connectivity index (χ4v) is 2.43. The standard InChI is InChI=1S/C15H19N5O/c1-21-14-5-7-17-15(18-14)20-10-8-19(9-11-20)12-13-4-2-3-6-16-13/h2-7H,8-12H2,1H3. The smallest absolute Gasteiger partial charge is 0.228 e. The van der Waals surface area contributed by atoms with Crippen LogP contribution in [0.4, 0.5) is 5.95 Å². The van der Waals surface area contributed by atoms with Gasteiger partial charge in [0.25, 0.3) is 0 Å². The zero-order valence-corrected chi connectivity index (χ0v) is 12.1. The minimum Gasteiger partial charge on any atom is -0.481 e. The number of nitrogens with zero attached hydrogens (tertiary/aromatic N) is 5. The van der Waals surface area contributed by atoms with Crippen LogP contribution in [0, 0.1) is 0 Å². The quantitative estimate of drug-likeness (QED) is 0.841. The second kappa shape index (κ2) is 6.49. The third-order valence-electron chi connectivity index (χ3n) is 3.59. The van der Waals surface area contributed by atoms with E-state index < -0.39 is 0 Å². The normalized spacial score (nSPS) is 16.0. The Morgan fingerprint density at radius 1 is 1.05 bits per heavy atom. The third kappa shape index (κ3) is 3.46. The van der Waals surface area contributed by atoms with Crippen molar-refractivity contribution < 1.29 is 4.74 Å². The highest BCUT2D eigenvalue weighted by Gasteiger charge is 2.19. The molecule has 0 radical (unpaired) electrons. The molecule has 6 heteroatoms. The molecule has 0 bridgehead atoms. The Morgan fingerprint density at radius 3 is 2.62 bits per heavy atom. The van der Waals surface area contributed by atoms with Crippen molar-refractivity contribution in [2.45, 2.75) is 6.54 Å². The first-order valence-electron chi connectivity index (χ1n) is 7.09. The Kier molecular flexibility index (Phi) is 4.25. The zero-order chi connectivity index (χ0) is 14.5. The molecule has 3 heterocycles. The lowest BCUT2D eigenvalue weighted by Gasteiger charge is -2.34. The molecule has 3 rings (SSSR count). The fourth-order valence-electron chi connectivity index (χ4n) is 2.43. The predicted octanol–water partition coefficient (Wildman–Crippen LogP) is 1.20. The van der Waals surface area contributed by atoms with Crippen molar-refractivity contribution in [3.63, 3.8) is 0 Å². The Balaban J connectivity index is 1.57. The number of pyridine rings is 1. The zero-order valence-electron chi connectivity index (χ0n) is 12.1. The maximum Gasteiger partial charge on any atom is 0.228 e. The summed E-state index contributed by atoms with van der Waals surface area (Å²) in [5, 5.41) is 0. The van der Waals surface area contributed by atoms with Gasteiger partial charge in [-0.15, -0.1) is 0 Å². The van der Waals surface area contributed by atoms with Crippen molar-refractivity contribution in [3.05, 3.63) is 42.4 Å². The first kappa shape index (κ1) is 13.8. The molecule has 6 nitrogen and oxygen atoms in total. The second-order valence-corrected chi connectivity index (χ2v) is 4.98. The number of piperazine rings is 1. The Morgan fingerprint density at radius 2 is 1.90 bits per heavy atom. The number of anilines is 1. The predicted molar refractivity (Wildman–Crippen MR) is 80.3 cm³/mol. The largest absolute Gasteiger partial charge is 0.481 e. The van der Waals surface area contributed by atoms with Crippen LogP contribution in [0.25, 0.3) is 0 Å². The first-order valence-corrected chi connectivity index (χ1v) is 7.09. The van der Waals surface area contributed by atoms with E-state index >= 15 is 0 Å². The van der Waals surface area contributed by atoms with Gasteiger partial charge in [0.2, 0.25) is 11.8 Å². The van der Waals surface area contributed by atoms with Gasteiger partial charge < -0.3 is 9.64 Å². The van der Waals surface area contributed by atoms with Crippen molar-refractivity contribution in [2.75, 3.05) is 38.2 Å². The maximum absolute atomic E-state index is 5.15. The van der Waals surface area contributed by atoms with Crippen LogP contribution < -0.4 is 9.64 Å². The highest BCUT2D eigenvalue weighted by molar-refractivity contribution is 5.32. The number of hydrogen-bond donors (Lipinski definition) is 0. The molecular formula is C15H19N5O. The highest BCUT2D eigenvalue weighted by Crippen LogP contribution is 2.15. The Hall–Kier alpha value is -2.21. The molecule has 2 aromatic rings. The van der Waals surface area contributed by atoms with Crippen molar-refractivity contribution in [1.29, 1.82) is 0 Å². The second-order valence-electron chi connectivity index (χ2n) is 4.98. The summed E-state index contributed by atoms with van der Waals surface area (Å²) in [6.07, 6.45) is 3.58. The van der Waals surface area contributed by atoms with Gasteiger partial charge in [-0.25, -0.2) is 4.98 Å². The van der Waals surface area contributed by atoms with Crippen LogP contribution in [-0.2, 0) is 6.54 Å². The maximum atomic E-state index is 5.15. The monoisotopic (exact) mass is 285 g/mol. The molecule has 0 unspecified atom stereocenters. The molecule has 0 aliphatic carbocycles. The van der Waals surface area contributed by atoms with Gasteiger partial charge in [-0.3, -0.25) is 9.88 Å². The van der Waals surface area contributed by atoms with Crippen LogP contribution >= 0.6 is 0 Å². The lowest BCUT2D eigenvalue weighted by molar-refractivity contribution is 0.245. The molecule has 0 aromatic carbocycles. The molecule has 110 valence electrons. The molecule has 1 saturated heterocycles. The number of methoxy groups -OCH3 is 1. The summed E-state index contributed by atoms with van der Waals surface area (Å²) in [6.45, 7) is 4.70. The van der Waals surface area contributed by atoms with Crippen molar-refractivity contribution >= 4 is 5.95 Å². The van der Waals surface area contributed by atoms with E-state index in [0.717, 1.165) is 44.4 Å². The molecule has 0 spiro atoms. The average Bonchev–Trinajstić information content (AvgIpc) is 2.56. The van der Waals surface area contributed by atoms with Gasteiger partial charge in [-0.1, -0.05) is 6.07 Å². The van der Waals surface area contributed by atoms with Gasteiger partial charge >= 0.3 is 0 Å². The number of rotatable bonds is 4. The molecule has 21 heavy (non-hydrogen) atoms. The van der Waals surface area contributed by atoms with E-state index in [1.807, 2.05) is 18.3 Å². The molecule has 0 atom stereocenters. The minimum atomic E-state index is 0.607. The minimum absolute atomic E-state index is 0.607. The molecule has 1 fully saturated rings. The van der Waals surface area contributed by atoms with Crippen LogP contribution in [0.5, 0.6) is 5.88 Å². The van der Waals surface area contributed by atoms with Crippen molar-refractivity contribution in [2.24, 2.45) is 0 Å². The number of aromatic nitrogens is 3. The number of ether oxygens (including phenoxy) is 1. The van der Waals surface area contributed by atoms with Crippen LogP contribution in [0.15, 0.2) is 36.7 Å². The van der Waals surface area contributed by atoms with E-state index in [1.54, 1.807) is 19.4 Å². The van der Waals surface area contributed by atoms with E-state index in [4.69, 9.17) is 4.74 Å². The van der Waals surface area contributed by atoms with Crippen LogP contribution in [-0.4, -0.2) is 53.1 Å². The highest BCUT2D eigenvalue weighted by atomic mass is 16.5. The van der Waals surface area contributed by atoms with E-state index in [-0.39, 0.29) is 0 Å². The topological polar surface area (TPSA) is 54.4 Å². The molecule has 1 aliphatic heterocycles. The van der Waals surface area contributed by atoms with Gasteiger partial charge in [0, 0.05) is 51.2 Å². The summed E-state index contributed by atoms with van der Waals surface area (Å²) in [5.41, 5.74) is 1.11.